The van der Waals surface area contributed by atoms with Crippen LogP contribution in [0.5, 0.6) is 5.75 Å². The van der Waals surface area contributed by atoms with Gasteiger partial charge in [0, 0.05) is 59.8 Å². The van der Waals surface area contributed by atoms with Gasteiger partial charge < -0.3 is 14.6 Å². The Labute approximate surface area is 169 Å². The highest BCUT2D eigenvalue weighted by molar-refractivity contribution is 7.85. The molecule has 1 N–H and O–H groups in total. The van der Waals surface area contributed by atoms with Gasteiger partial charge in [-0.25, -0.2) is 0 Å². The summed E-state index contributed by atoms with van der Waals surface area (Å²) in [6.45, 7) is 2.66. The van der Waals surface area contributed by atoms with E-state index in [1.807, 2.05) is 18.2 Å². The summed E-state index contributed by atoms with van der Waals surface area (Å²) in [6.07, 6.45) is 7.08. The fourth-order valence-corrected chi connectivity index (χ4v) is 6.40. The van der Waals surface area contributed by atoms with Crippen LogP contribution < -0.4 is 4.74 Å². The van der Waals surface area contributed by atoms with Crippen molar-refractivity contribution >= 4 is 10.8 Å². The molecule has 5 nitrogen and oxygen atoms in total. The van der Waals surface area contributed by atoms with Gasteiger partial charge in [-0.1, -0.05) is 12.5 Å². The van der Waals surface area contributed by atoms with Crippen LogP contribution >= 0.6 is 0 Å². The van der Waals surface area contributed by atoms with E-state index in [9.17, 15) is 9.32 Å². The van der Waals surface area contributed by atoms with Crippen LogP contribution in [0, 0.1) is 5.92 Å². The van der Waals surface area contributed by atoms with Gasteiger partial charge in [-0.3, -0.25) is 9.11 Å². The zero-order chi connectivity index (χ0) is 19.1. The average Bonchev–Trinajstić information content (AvgIpc) is 2.68. The number of fused-ring (bicyclic) bond motifs is 1. The number of hydrogen-bond acceptors (Lipinski definition) is 5. The number of nitrogens with zero attached hydrogens (tertiary/aromatic N) is 1. The van der Waals surface area contributed by atoms with E-state index in [1.54, 1.807) is 0 Å². The molecule has 1 atom stereocenters. The maximum absolute atomic E-state index is 11.6. The SMILES string of the molecule is O=S1CCC(C(O)c2ccc3c(c2)COC2(CCN(C4CCC4)CC2)O3)CC1. The van der Waals surface area contributed by atoms with Crippen molar-refractivity contribution in [3.63, 3.8) is 0 Å². The fourth-order valence-electron chi connectivity index (χ4n) is 5.06. The van der Waals surface area contributed by atoms with Crippen LogP contribution in [0.4, 0.5) is 0 Å². The molecule has 3 heterocycles. The van der Waals surface area contributed by atoms with Gasteiger partial charge in [0.15, 0.2) is 0 Å². The van der Waals surface area contributed by atoms with Crippen molar-refractivity contribution in [3.05, 3.63) is 29.3 Å². The van der Waals surface area contributed by atoms with E-state index < -0.39 is 22.7 Å². The summed E-state index contributed by atoms with van der Waals surface area (Å²) in [6, 6.07) is 6.84. The van der Waals surface area contributed by atoms with Crippen molar-refractivity contribution in [1.82, 2.24) is 4.90 Å². The highest BCUT2D eigenvalue weighted by Gasteiger charge is 2.43. The molecule has 1 aromatic rings. The first-order chi connectivity index (χ1) is 13.6. The predicted molar refractivity (Wildman–Crippen MR) is 109 cm³/mol. The van der Waals surface area contributed by atoms with Crippen LogP contribution in [0.2, 0.25) is 0 Å². The van der Waals surface area contributed by atoms with E-state index >= 15 is 0 Å². The second-order valence-electron chi connectivity index (χ2n) is 8.92. The molecule has 1 aromatic carbocycles. The molecular formula is C22H31NO4S. The summed E-state index contributed by atoms with van der Waals surface area (Å²) in [5.41, 5.74) is 1.96. The summed E-state index contributed by atoms with van der Waals surface area (Å²) in [7, 11) is -0.700. The predicted octanol–water partition coefficient (Wildman–Crippen LogP) is 3.13. The third-order valence-corrected chi connectivity index (χ3v) is 8.62. The summed E-state index contributed by atoms with van der Waals surface area (Å²) in [5, 5.41) is 10.8. The number of rotatable bonds is 3. The molecule has 5 rings (SSSR count). The topological polar surface area (TPSA) is 59.0 Å². The Morgan fingerprint density at radius 3 is 2.57 bits per heavy atom. The normalized spacial score (nSPS) is 31.6. The van der Waals surface area contributed by atoms with Crippen molar-refractivity contribution in [2.75, 3.05) is 24.6 Å². The zero-order valence-electron chi connectivity index (χ0n) is 16.5. The van der Waals surface area contributed by atoms with Crippen LogP contribution in [0.15, 0.2) is 18.2 Å². The van der Waals surface area contributed by atoms with Crippen molar-refractivity contribution in [3.8, 4) is 5.75 Å². The highest BCUT2D eigenvalue weighted by Crippen LogP contribution is 2.41. The molecule has 4 aliphatic rings. The Morgan fingerprint density at radius 1 is 1.14 bits per heavy atom. The highest BCUT2D eigenvalue weighted by atomic mass is 32.2. The van der Waals surface area contributed by atoms with E-state index in [1.165, 1.54) is 19.3 Å². The lowest BCUT2D eigenvalue weighted by molar-refractivity contribution is -0.231. The minimum absolute atomic E-state index is 0.198. The van der Waals surface area contributed by atoms with Gasteiger partial charge in [-0.15, -0.1) is 0 Å². The van der Waals surface area contributed by atoms with E-state index in [4.69, 9.17) is 9.47 Å². The smallest absolute Gasteiger partial charge is 0.213 e. The minimum atomic E-state index is -0.700. The van der Waals surface area contributed by atoms with Crippen molar-refractivity contribution in [2.24, 2.45) is 5.92 Å². The first-order valence-corrected chi connectivity index (χ1v) is 12.3. The molecule has 1 saturated carbocycles. The van der Waals surface area contributed by atoms with Crippen molar-refractivity contribution < 1.29 is 18.8 Å². The van der Waals surface area contributed by atoms with E-state index in [0.717, 1.165) is 61.7 Å². The average molecular weight is 406 g/mol. The van der Waals surface area contributed by atoms with Crippen LogP contribution in [-0.2, 0) is 22.1 Å². The molecule has 28 heavy (non-hydrogen) atoms. The summed E-state index contributed by atoms with van der Waals surface area (Å²) < 4.78 is 24.2. The Bertz CT molecular complexity index is 732. The molecule has 154 valence electrons. The van der Waals surface area contributed by atoms with Gasteiger partial charge in [-0.2, -0.15) is 0 Å². The van der Waals surface area contributed by atoms with Crippen LogP contribution in [0.1, 0.15) is 62.2 Å². The molecule has 3 aliphatic heterocycles. The second kappa shape index (κ2) is 7.71. The van der Waals surface area contributed by atoms with Crippen LogP contribution in [0.3, 0.4) is 0 Å². The number of hydrogen-bond donors (Lipinski definition) is 1. The summed E-state index contributed by atoms with van der Waals surface area (Å²) >= 11 is 0. The third-order valence-electron chi connectivity index (χ3n) is 7.24. The Hall–Kier alpha value is -0.950. The van der Waals surface area contributed by atoms with Gasteiger partial charge in [0.25, 0.3) is 0 Å². The van der Waals surface area contributed by atoms with Gasteiger partial charge >= 0.3 is 0 Å². The number of ether oxygens (including phenoxy) is 2. The maximum Gasteiger partial charge on any atom is 0.213 e. The van der Waals surface area contributed by atoms with Crippen LogP contribution in [0.25, 0.3) is 0 Å². The lowest BCUT2D eigenvalue weighted by Gasteiger charge is -2.47. The van der Waals surface area contributed by atoms with E-state index in [2.05, 4.69) is 4.90 Å². The molecule has 0 amide bonds. The Morgan fingerprint density at radius 2 is 1.89 bits per heavy atom. The number of likely N-dealkylation sites (tertiary alicyclic amines) is 1. The molecule has 0 radical (unpaired) electrons. The zero-order valence-corrected chi connectivity index (χ0v) is 17.3. The largest absolute Gasteiger partial charge is 0.462 e. The minimum Gasteiger partial charge on any atom is -0.462 e. The molecule has 1 unspecified atom stereocenters. The molecule has 1 spiro atoms. The summed E-state index contributed by atoms with van der Waals surface area (Å²) in [5.74, 6) is 2.05. The number of piperidine rings is 1. The Kier molecular flexibility index (Phi) is 5.24. The second-order valence-corrected chi connectivity index (χ2v) is 10.6. The standard InChI is InChI=1S/C22H31NO4S/c24-21(16-6-12-28(25)13-7-16)17-4-5-20-18(14-17)15-26-22(27-20)8-10-23(11-9-22)19-2-1-3-19/h4-5,14,16,19,21,24H,1-3,6-13,15H2. The molecule has 6 heteroatoms. The molecule has 0 aromatic heterocycles. The van der Waals surface area contributed by atoms with Gasteiger partial charge in [0.05, 0.1) is 12.7 Å². The number of aliphatic hydroxyl groups is 1. The number of aliphatic hydroxyl groups excluding tert-OH is 1. The van der Waals surface area contributed by atoms with Gasteiger partial charge in [-0.05, 0) is 49.3 Å². The van der Waals surface area contributed by atoms with Crippen molar-refractivity contribution in [1.29, 1.82) is 0 Å². The maximum atomic E-state index is 11.6. The third kappa shape index (κ3) is 3.64. The first kappa shape index (κ1) is 19.0. The molecule has 3 fully saturated rings. The Balaban J connectivity index is 1.24. The van der Waals surface area contributed by atoms with E-state index in [-0.39, 0.29) is 5.92 Å². The van der Waals surface area contributed by atoms with E-state index in [0.29, 0.717) is 18.1 Å². The van der Waals surface area contributed by atoms with Gasteiger partial charge in [0.2, 0.25) is 5.79 Å². The van der Waals surface area contributed by atoms with Crippen molar-refractivity contribution in [2.45, 2.75) is 69.5 Å². The molecule has 0 bridgehead atoms. The first-order valence-electron chi connectivity index (χ1n) is 10.8. The monoisotopic (exact) mass is 405 g/mol. The number of benzene rings is 1. The molecular weight excluding hydrogens is 374 g/mol. The lowest BCUT2D eigenvalue weighted by atomic mass is 9.88. The fraction of sp³-hybridized carbons (Fsp3) is 0.727. The summed E-state index contributed by atoms with van der Waals surface area (Å²) in [4.78, 5) is 2.60. The molecule has 2 saturated heterocycles. The lowest BCUT2D eigenvalue weighted by Crippen LogP contribution is -2.54. The van der Waals surface area contributed by atoms with Gasteiger partial charge in [0.1, 0.15) is 5.75 Å². The van der Waals surface area contributed by atoms with Crippen LogP contribution in [-0.4, -0.2) is 50.6 Å². The molecule has 1 aliphatic carbocycles. The quantitative estimate of drug-likeness (QED) is 0.837.